The lowest BCUT2D eigenvalue weighted by Gasteiger charge is -2.31. The number of carbonyl (C=O) groups excluding carboxylic acids is 2. The van der Waals surface area contributed by atoms with Crippen LogP contribution in [0.25, 0.3) is 0 Å². The topological polar surface area (TPSA) is 58.6 Å². The Hall–Kier alpha value is -2.94. The molecular formula is C25H24FIN2O3. The molecule has 1 N–H and O–H groups in total. The van der Waals surface area contributed by atoms with Gasteiger partial charge < -0.3 is 15.0 Å². The molecule has 0 aliphatic carbocycles. The van der Waals surface area contributed by atoms with E-state index in [-0.39, 0.29) is 30.8 Å². The van der Waals surface area contributed by atoms with Gasteiger partial charge in [-0.05, 0) is 70.1 Å². The summed E-state index contributed by atoms with van der Waals surface area (Å²) < 4.78 is 20.1. The van der Waals surface area contributed by atoms with Crippen molar-refractivity contribution in [1.82, 2.24) is 10.2 Å². The zero-order valence-corrected chi connectivity index (χ0v) is 19.8. The fourth-order valence-corrected chi connectivity index (χ4v) is 3.63. The molecule has 1 atom stereocenters. The highest BCUT2D eigenvalue weighted by molar-refractivity contribution is 14.1. The van der Waals surface area contributed by atoms with Gasteiger partial charge in [0.15, 0.2) is 6.61 Å². The van der Waals surface area contributed by atoms with Crippen molar-refractivity contribution in [2.24, 2.45) is 0 Å². The van der Waals surface area contributed by atoms with Crippen LogP contribution >= 0.6 is 22.6 Å². The first-order chi connectivity index (χ1) is 15.5. The predicted molar refractivity (Wildman–Crippen MR) is 130 cm³/mol. The van der Waals surface area contributed by atoms with Crippen LogP contribution in [0.2, 0.25) is 0 Å². The van der Waals surface area contributed by atoms with Crippen molar-refractivity contribution in [3.05, 3.63) is 99.4 Å². The molecule has 0 aliphatic heterocycles. The monoisotopic (exact) mass is 546 g/mol. The van der Waals surface area contributed by atoms with Crippen LogP contribution in [0.3, 0.4) is 0 Å². The van der Waals surface area contributed by atoms with Crippen molar-refractivity contribution in [2.75, 3.05) is 13.7 Å². The number of benzene rings is 3. The number of halogens is 2. The van der Waals surface area contributed by atoms with E-state index in [1.807, 2.05) is 42.5 Å². The molecule has 0 unspecified atom stereocenters. The summed E-state index contributed by atoms with van der Waals surface area (Å²) in [6.07, 6.45) is 0.344. The number of rotatable bonds is 9. The van der Waals surface area contributed by atoms with E-state index in [9.17, 15) is 14.0 Å². The van der Waals surface area contributed by atoms with E-state index in [2.05, 4.69) is 27.9 Å². The molecule has 3 aromatic carbocycles. The van der Waals surface area contributed by atoms with Crippen molar-refractivity contribution in [3.63, 3.8) is 0 Å². The zero-order chi connectivity index (χ0) is 22.9. The molecule has 0 aromatic heterocycles. The molecule has 32 heavy (non-hydrogen) atoms. The van der Waals surface area contributed by atoms with Gasteiger partial charge in [0.2, 0.25) is 5.91 Å². The Morgan fingerprint density at radius 1 is 0.969 bits per heavy atom. The molecule has 0 fully saturated rings. The average molecular weight is 546 g/mol. The highest BCUT2D eigenvalue weighted by Crippen LogP contribution is 2.17. The van der Waals surface area contributed by atoms with Crippen molar-refractivity contribution in [1.29, 1.82) is 0 Å². The summed E-state index contributed by atoms with van der Waals surface area (Å²) in [5.74, 6) is -0.406. The molecule has 0 spiro atoms. The van der Waals surface area contributed by atoms with Gasteiger partial charge in [-0.15, -0.1) is 0 Å². The van der Waals surface area contributed by atoms with Crippen molar-refractivity contribution < 1.29 is 18.7 Å². The van der Waals surface area contributed by atoms with Gasteiger partial charge >= 0.3 is 0 Å². The maximum absolute atomic E-state index is 13.4. The molecule has 0 saturated heterocycles. The third-order valence-corrected chi connectivity index (χ3v) is 5.68. The van der Waals surface area contributed by atoms with Crippen LogP contribution < -0.4 is 10.1 Å². The number of amides is 2. The molecular weight excluding hydrogens is 522 g/mol. The number of nitrogens with zero attached hydrogens (tertiary/aromatic N) is 1. The minimum Gasteiger partial charge on any atom is -0.484 e. The van der Waals surface area contributed by atoms with E-state index >= 15 is 0 Å². The van der Waals surface area contributed by atoms with E-state index in [0.29, 0.717) is 12.2 Å². The number of ether oxygens (including phenoxy) is 1. The largest absolute Gasteiger partial charge is 0.484 e. The molecule has 0 aliphatic rings. The summed E-state index contributed by atoms with van der Waals surface area (Å²) in [6, 6.07) is 22.0. The molecule has 3 rings (SSSR count). The summed E-state index contributed by atoms with van der Waals surface area (Å²) in [5, 5.41) is 2.66. The molecule has 0 saturated carbocycles. The summed E-state index contributed by atoms with van der Waals surface area (Å²) in [5.41, 5.74) is 1.65. The maximum Gasteiger partial charge on any atom is 0.261 e. The lowest BCUT2D eigenvalue weighted by molar-refractivity contribution is -0.142. The van der Waals surface area contributed by atoms with Gasteiger partial charge in [-0.3, -0.25) is 9.59 Å². The molecule has 0 radical (unpaired) electrons. The first kappa shape index (κ1) is 23.7. The minimum atomic E-state index is -0.750. The molecule has 166 valence electrons. The SMILES string of the molecule is CNC(=O)[C@@H](Cc1ccccc1)N(Cc1ccc(F)cc1)C(=O)COc1ccc(I)cc1. The molecule has 2 amide bonds. The van der Waals surface area contributed by atoms with Crippen LogP contribution in [0, 0.1) is 9.39 Å². The summed E-state index contributed by atoms with van der Waals surface area (Å²) in [4.78, 5) is 27.6. The van der Waals surface area contributed by atoms with Gasteiger partial charge in [0.1, 0.15) is 17.6 Å². The Morgan fingerprint density at radius 3 is 2.25 bits per heavy atom. The summed E-state index contributed by atoms with van der Waals surface area (Å²) >= 11 is 2.19. The normalized spacial score (nSPS) is 11.5. The van der Waals surface area contributed by atoms with Gasteiger partial charge in [-0.1, -0.05) is 42.5 Å². The number of likely N-dealkylation sites (N-methyl/N-ethyl adjacent to an activating group) is 1. The fraction of sp³-hybridized carbons (Fsp3) is 0.200. The second-order valence-electron chi connectivity index (χ2n) is 7.21. The Kier molecular flexibility index (Phi) is 8.61. The van der Waals surface area contributed by atoms with Crippen LogP contribution in [-0.2, 0) is 22.6 Å². The zero-order valence-electron chi connectivity index (χ0n) is 17.6. The number of hydrogen-bond donors (Lipinski definition) is 1. The van der Waals surface area contributed by atoms with Crippen LogP contribution in [0.1, 0.15) is 11.1 Å². The standard InChI is InChI=1S/C25H24FIN2O3/c1-28-25(31)23(15-18-5-3-2-4-6-18)29(16-19-7-9-20(26)10-8-19)24(30)17-32-22-13-11-21(27)12-14-22/h2-14,23H,15-17H2,1H3,(H,28,31)/t23-/m1/s1. The van der Waals surface area contributed by atoms with Gasteiger partial charge in [-0.2, -0.15) is 0 Å². The average Bonchev–Trinajstić information content (AvgIpc) is 2.82. The molecule has 7 heteroatoms. The van der Waals surface area contributed by atoms with Crippen molar-refractivity contribution in [3.8, 4) is 5.75 Å². The van der Waals surface area contributed by atoms with Gasteiger partial charge in [-0.25, -0.2) is 4.39 Å². The Labute approximate surface area is 200 Å². The second kappa shape index (κ2) is 11.6. The summed E-state index contributed by atoms with van der Waals surface area (Å²) in [6.45, 7) is -0.0653. The molecule has 0 bridgehead atoms. The molecule has 0 heterocycles. The number of carbonyl (C=O) groups is 2. The van der Waals surface area contributed by atoms with E-state index < -0.39 is 6.04 Å². The third-order valence-electron chi connectivity index (χ3n) is 4.96. The minimum absolute atomic E-state index is 0.153. The van der Waals surface area contributed by atoms with E-state index in [1.54, 1.807) is 31.3 Å². The molecule has 5 nitrogen and oxygen atoms in total. The van der Waals surface area contributed by atoms with Gasteiger partial charge in [0.05, 0.1) is 0 Å². The van der Waals surface area contributed by atoms with E-state index in [0.717, 1.165) is 14.7 Å². The first-order valence-corrected chi connectivity index (χ1v) is 11.2. The van der Waals surface area contributed by atoms with Gasteiger partial charge in [0, 0.05) is 23.6 Å². The van der Waals surface area contributed by atoms with Crippen LogP contribution in [0.5, 0.6) is 5.75 Å². The Morgan fingerprint density at radius 2 is 1.62 bits per heavy atom. The van der Waals surface area contributed by atoms with Crippen LogP contribution in [0.4, 0.5) is 4.39 Å². The van der Waals surface area contributed by atoms with Gasteiger partial charge in [0.25, 0.3) is 5.91 Å². The van der Waals surface area contributed by atoms with Crippen LogP contribution in [0.15, 0.2) is 78.9 Å². The lowest BCUT2D eigenvalue weighted by Crippen LogP contribution is -2.51. The molecule has 3 aromatic rings. The van der Waals surface area contributed by atoms with Crippen molar-refractivity contribution >= 4 is 34.4 Å². The van der Waals surface area contributed by atoms with Crippen LogP contribution in [-0.4, -0.2) is 36.4 Å². The highest BCUT2D eigenvalue weighted by atomic mass is 127. The summed E-state index contributed by atoms with van der Waals surface area (Å²) in [7, 11) is 1.54. The quantitative estimate of drug-likeness (QED) is 0.410. The maximum atomic E-state index is 13.4. The highest BCUT2D eigenvalue weighted by Gasteiger charge is 2.30. The first-order valence-electron chi connectivity index (χ1n) is 10.1. The fourth-order valence-electron chi connectivity index (χ4n) is 3.27. The van der Waals surface area contributed by atoms with Crippen molar-refractivity contribution in [2.45, 2.75) is 19.0 Å². The number of nitrogens with one attached hydrogen (secondary N) is 1. The Bertz CT molecular complexity index is 1030. The van der Waals surface area contributed by atoms with E-state index in [4.69, 9.17) is 4.74 Å². The second-order valence-corrected chi connectivity index (χ2v) is 8.46. The third kappa shape index (κ3) is 6.78. The van der Waals surface area contributed by atoms with E-state index in [1.165, 1.54) is 17.0 Å². The Balaban J connectivity index is 1.85. The lowest BCUT2D eigenvalue weighted by atomic mass is 10.0. The number of hydrogen-bond acceptors (Lipinski definition) is 3. The smallest absolute Gasteiger partial charge is 0.261 e. The predicted octanol–water partition coefficient (Wildman–Crippen LogP) is 4.20.